The highest BCUT2D eigenvalue weighted by Crippen LogP contribution is 2.46. The predicted molar refractivity (Wildman–Crippen MR) is 186 cm³/mol. The van der Waals surface area contributed by atoms with Crippen molar-refractivity contribution in [2.45, 2.75) is 126 Å². The highest BCUT2D eigenvalue weighted by molar-refractivity contribution is 7.83. The number of thiol groups is 2. The Kier molecular flexibility index (Phi) is 17.3. The first-order valence-corrected chi connectivity index (χ1v) is 18.1. The number of benzene rings is 3. The Bertz CT molecular complexity index is 1090. The molecule has 0 heterocycles. The first kappa shape index (κ1) is 34.7. The molecule has 0 bridgehead atoms. The van der Waals surface area contributed by atoms with Gasteiger partial charge >= 0.3 is 8.60 Å². The molecule has 0 amide bonds. The first-order chi connectivity index (χ1) is 20.6. The van der Waals surface area contributed by atoms with E-state index in [0.717, 1.165) is 42.1 Å². The standard InChI is InChI=1S/C36H51O3PS2/c1-3-5-7-9-11-13-15-22-30-24-17-19-26-32(30)37-40(39-34-28-21-29-35(41)36(34)42)38-33-27-20-18-25-31(33)23-16-14-12-10-8-6-4-2/h17-21,24-29,41-42H,3-16,22-23H2,1-2H3. The maximum absolute atomic E-state index is 6.56. The largest absolute Gasteiger partial charge is 0.530 e. The molecule has 0 aliphatic heterocycles. The second-order valence-electron chi connectivity index (χ2n) is 11.1. The highest BCUT2D eigenvalue weighted by Gasteiger charge is 2.24. The molecule has 0 N–H and O–H groups in total. The van der Waals surface area contributed by atoms with Gasteiger partial charge in [-0.2, -0.15) is 0 Å². The maximum atomic E-state index is 6.56. The molecule has 0 spiro atoms. The summed E-state index contributed by atoms with van der Waals surface area (Å²) in [4.78, 5) is 1.43. The Morgan fingerprint density at radius 3 is 1.38 bits per heavy atom. The van der Waals surface area contributed by atoms with Crippen molar-refractivity contribution in [1.29, 1.82) is 0 Å². The van der Waals surface area contributed by atoms with Gasteiger partial charge in [-0.05, 0) is 61.1 Å². The van der Waals surface area contributed by atoms with Crippen molar-refractivity contribution >= 4 is 33.9 Å². The molecule has 230 valence electrons. The average Bonchev–Trinajstić information content (AvgIpc) is 3.00. The van der Waals surface area contributed by atoms with E-state index in [2.05, 4.69) is 63.4 Å². The molecule has 0 saturated carbocycles. The third-order valence-corrected chi connectivity index (χ3v) is 9.59. The van der Waals surface area contributed by atoms with Crippen molar-refractivity contribution < 1.29 is 13.6 Å². The van der Waals surface area contributed by atoms with Crippen LogP contribution in [0.1, 0.15) is 115 Å². The maximum Gasteiger partial charge on any atom is 0.530 e. The van der Waals surface area contributed by atoms with Crippen LogP contribution >= 0.6 is 33.9 Å². The van der Waals surface area contributed by atoms with Crippen LogP contribution in [0.25, 0.3) is 0 Å². The second kappa shape index (κ2) is 21.0. The van der Waals surface area contributed by atoms with Crippen molar-refractivity contribution in [1.82, 2.24) is 0 Å². The van der Waals surface area contributed by atoms with Gasteiger partial charge in [-0.15, -0.1) is 25.3 Å². The predicted octanol–water partition coefficient (Wildman–Crippen LogP) is 12.6. The molecule has 0 fully saturated rings. The highest BCUT2D eigenvalue weighted by atomic mass is 32.1. The number of para-hydroxylation sites is 2. The number of unbranched alkanes of at least 4 members (excludes halogenated alkanes) is 12. The molecule has 42 heavy (non-hydrogen) atoms. The van der Waals surface area contributed by atoms with E-state index in [0.29, 0.717) is 10.6 Å². The number of hydrogen-bond donors (Lipinski definition) is 2. The smallest absolute Gasteiger partial charge is 0.408 e. The lowest BCUT2D eigenvalue weighted by molar-refractivity contribution is 0.380. The zero-order valence-corrected chi connectivity index (χ0v) is 28.4. The van der Waals surface area contributed by atoms with E-state index in [9.17, 15) is 0 Å². The fourth-order valence-corrected chi connectivity index (χ4v) is 6.59. The minimum absolute atomic E-state index is 0.603. The molecule has 0 atom stereocenters. The molecular formula is C36H51O3PS2. The van der Waals surface area contributed by atoms with E-state index in [-0.39, 0.29) is 0 Å². The third kappa shape index (κ3) is 12.8. The summed E-state index contributed by atoms with van der Waals surface area (Å²) >= 11 is 9.19. The first-order valence-electron chi connectivity index (χ1n) is 16.1. The Labute approximate surface area is 268 Å². The molecule has 3 aromatic carbocycles. The summed E-state index contributed by atoms with van der Waals surface area (Å²) in [6, 6.07) is 22.3. The SMILES string of the molecule is CCCCCCCCCc1ccccc1OP(Oc1ccccc1CCCCCCCCC)Oc1cccc(S)c1S. The zero-order valence-electron chi connectivity index (χ0n) is 25.7. The lowest BCUT2D eigenvalue weighted by Gasteiger charge is -2.21. The number of aryl methyl sites for hydroxylation is 2. The molecule has 0 aliphatic carbocycles. The van der Waals surface area contributed by atoms with Crippen LogP contribution in [-0.4, -0.2) is 0 Å². The summed E-state index contributed by atoms with van der Waals surface area (Å²) in [7, 11) is -1.79. The summed E-state index contributed by atoms with van der Waals surface area (Å²) in [6.07, 6.45) is 19.9. The lowest BCUT2D eigenvalue weighted by Crippen LogP contribution is -2.06. The summed E-state index contributed by atoms with van der Waals surface area (Å²) in [5, 5.41) is 0. The molecule has 3 aromatic rings. The van der Waals surface area contributed by atoms with Crippen molar-refractivity contribution in [2.24, 2.45) is 0 Å². The van der Waals surface area contributed by atoms with Crippen LogP contribution in [-0.2, 0) is 12.8 Å². The van der Waals surface area contributed by atoms with Crippen LogP contribution in [0.2, 0.25) is 0 Å². The third-order valence-electron chi connectivity index (χ3n) is 7.54. The Balaban J connectivity index is 1.70. The number of rotatable bonds is 22. The summed E-state index contributed by atoms with van der Waals surface area (Å²) in [5.74, 6) is 2.25. The van der Waals surface area contributed by atoms with Crippen LogP contribution in [0.15, 0.2) is 76.5 Å². The van der Waals surface area contributed by atoms with Gasteiger partial charge in [0.1, 0.15) is 17.2 Å². The van der Waals surface area contributed by atoms with Crippen LogP contribution in [0, 0.1) is 0 Å². The van der Waals surface area contributed by atoms with Crippen LogP contribution < -0.4 is 13.6 Å². The van der Waals surface area contributed by atoms with Crippen molar-refractivity contribution in [2.75, 3.05) is 0 Å². The molecule has 0 saturated heterocycles. The van der Waals surface area contributed by atoms with Gasteiger partial charge in [-0.25, -0.2) is 0 Å². The fraction of sp³-hybridized carbons (Fsp3) is 0.500. The Hall–Kier alpha value is -1.81. The summed E-state index contributed by atoms with van der Waals surface area (Å²) < 4.78 is 19.5. The van der Waals surface area contributed by atoms with E-state index in [1.54, 1.807) is 0 Å². The van der Waals surface area contributed by atoms with Crippen molar-refractivity contribution in [3.63, 3.8) is 0 Å². The molecule has 6 heteroatoms. The Morgan fingerprint density at radius 2 is 0.881 bits per heavy atom. The van der Waals surface area contributed by atoms with Gasteiger partial charge in [0.05, 0.1) is 4.90 Å². The van der Waals surface area contributed by atoms with Crippen LogP contribution in [0.4, 0.5) is 0 Å². The molecule has 3 rings (SSSR count). The van der Waals surface area contributed by atoms with Gasteiger partial charge in [-0.1, -0.05) is 133 Å². The molecular weight excluding hydrogens is 576 g/mol. The monoisotopic (exact) mass is 626 g/mol. The fourth-order valence-electron chi connectivity index (χ4n) is 5.03. The quantitative estimate of drug-likeness (QED) is 0.0660. The topological polar surface area (TPSA) is 27.7 Å². The summed E-state index contributed by atoms with van der Waals surface area (Å²) in [5.41, 5.74) is 2.38. The van der Waals surface area contributed by atoms with E-state index in [4.69, 9.17) is 13.6 Å². The second-order valence-corrected chi connectivity index (χ2v) is 13.0. The van der Waals surface area contributed by atoms with Gasteiger partial charge in [0.15, 0.2) is 0 Å². The van der Waals surface area contributed by atoms with Gasteiger partial charge in [-0.3, -0.25) is 0 Å². The van der Waals surface area contributed by atoms with Crippen LogP contribution in [0.5, 0.6) is 17.2 Å². The normalized spacial score (nSPS) is 11.2. The van der Waals surface area contributed by atoms with Gasteiger partial charge in [0.2, 0.25) is 0 Å². The van der Waals surface area contributed by atoms with E-state index in [1.807, 2.05) is 42.5 Å². The molecule has 3 nitrogen and oxygen atoms in total. The summed E-state index contributed by atoms with van der Waals surface area (Å²) in [6.45, 7) is 4.53. The lowest BCUT2D eigenvalue weighted by atomic mass is 10.0. The zero-order chi connectivity index (χ0) is 29.8. The van der Waals surface area contributed by atoms with Crippen molar-refractivity contribution in [3.05, 3.63) is 77.9 Å². The van der Waals surface area contributed by atoms with Gasteiger partial charge in [0, 0.05) is 4.90 Å². The Morgan fingerprint density at radius 1 is 0.476 bits per heavy atom. The molecule has 0 aromatic heterocycles. The van der Waals surface area contributed by atoms with Crippen molar-refractivity contribution in [3.8, 4) is 17.2 Å². The van der Waals surface area contributed by atoms with Gasteiger partial charge < -0.3 is 13.6 Å². The van der Waals surface area contributed by atoms with Crippen LogP contribution in [0.3, 0.4) is 0 Å². The molecule has 0 aliphatic rings. The van der Waals surface area contributed by atoms with E-state index in [1.165, 1.54) is 88.2 Å². The molecule has 0 radical (unpaired) electrons. The average molecular weight is 627 g/mol. The minimum Gasteiger partial charge on any atom is -0.408 e. The van der Waals surface area contributed by atoms with E-state index >= 15 is 0 Å². The van der Waals surface area contributed by atoms with E-state index < -0.39 is 8.60 Å². The molecule has 0 unspecified atom stereocenters. The van der Waals surface area contributed by atoms with Gasteiger partial charge in [0.25, 0.3) is 0 Å². The number of hydrogen-bond acceptors (Lipinski definition) is 5. The minimum atomic E-state index is -1.79.